The average molecular weight is 326 g/mol. The number of fused-ring (bicyclic) bond motifs is 1. The molecule has 1 atom stereocenters. The van der Waals surface area contributed by atoms with Crippen molar-refractivity contribution in [2.45, 2.75) is 43.5 Å². The molecule has 122 valence electrons. The van der Waals surface area contributed by atoms with Crippen molar-refractivity contribution in [3.63, 3.8) is 0 Å². The Hall–Kier alpha value is -1.08. The summed E-state index contributed by atoms with van der Waals surface area (Å²) in [6, 6.07) is 0.246. The average Bonchev–Trinajstić information content (AvgIpc) is 2.77. The molecule has 3 rings (SSSR count). The number of aryl methyl sites for hydroxylation is 1. The second kappa shape index (κ2) is 5.85. The Labute approximate surface area is 133 Å². The Balaban J connectivity index is 1.84. The molecule has 0 aromatic carbocycles. The van der Waals surface area contributed by atoms with Gasteiger partial charge in [0.15, 0.2) is 0 Å². The van der Waals surface area contributed by atoms with Gasteiger partial charge in [-0.05, 0) is 0 Å². The van der Waals surface area contributed by atoms with Gasteiger partial charge < -0.3 is 5.32 Å². The summed E-state index contributed by atoms with van der Waals surface area (Å²) in [5, 5.41) is 3.40. The molecule has 0 saturated carbocycles. The molecule has 2 aliphatic rings. The van der Waals surface area contributed by atoms with Crippen LogP contribution in [-0.4, -0.2) is 57.2 Å². The Morgan fingerprint density at radius 1 is 1.36 bits per heavy atom. The van der Waals surface area contributed by atoms with Crippen LogP contribution < -0.4 is 5.32 Å². The summed E-state index contributed by atoms with van der Waals surface area (Å²) in [4.78, 5) is 12.1. The first-order chi connectivity index (χ1) is 10.4. The first kappa shape index (κ1) is 15.8. The molecule has 1 aromatic rings. The minimum atomic E-state index is -1.01. The molecule has 22 heavy (non-hydrogen) atoms. The van der Waals surface area contributed by atoms with Gasteiger partial charge in [0.1, 0.15) is 23.2 Å². The molecule has 3 heterocycles. The molecule has 5 nitrogen and oxygen atoms in total. The Morgan fingerprint density at radius 3 is 2.73 bits per heavy atom. The summed E-state index contributed by atoms with van der Waals surface area (Å²) in [6.07, 6.45) is 0.751. The fraction of sp³-hybridized carbons (Fsp3) is 0.733. The van der Waals surface area contributed by atoms with Gasteiger partial charge in [-0.3, -0.25) is 9.11 Å². The molecule has 0 radical (unpaired) electrons. The van der Waals surface area contributed by atoms with Crippen molar-refractivity contribution >= 4 is 16.6 Å². The van der Waals surface area contributed by atoms with Gasteiger partial charge in [0.05, 0.1) is 22.5 Å². The fourth-order valence-electron chi connectivity index (χ4n) is 2.79. The first-order valence-electron chi connectivity index (χ1n) is 7.73. The summed E-state index contributed by atoms with van der Waals surface area (Å²) >= 11 is 0. The molecular weight excluding hydrogens is 303 g/mol. The smallest absolute Gasteiger partial charge is 0.146 e. The number of hydrogen-bond donors (Lipinski definition) is 1. The van der Waals surface area contributed by atoms with Gasteiger partial charge in [-0.15, -0.1) is 0 Å². The monoisotopic (exact) mass is 326 g/mol. The van der Waals surface area contributed by atoms with Gasteiger partial charge in [0.2, 0.25) is 0 Å². The lowest BCUT2D eigenvalue weighted by Gasteiger charge is -2.39. The molecule has 1 fully saturated rings. The first-order valence-corrected chi connectivity index (χ1v) is 9.05. The minimum Gasteiger partial charge on any atom is -0.364 e. The van der Waals surface area contributed by atoms with E-state index in [0.717, 1.165) is 41.7 Å². The van der Waals surface area contributed by atoms with Crippen LogP contribution in [0.25, 0.3) is 0 Å². The van der Waals surface area contributed by atoms with E-state index in [9.17, 15) is 8.60 Å². The maximum atomic E-state index is 12.3. The molecule has 7 heteroatoms. The second-order valence-electron chi connectivity index (χ2n) is 7.01. The van der Waals surface area contributed by atoms with Crippen LogP contribution in [0.5, 0.6) is 0 Å². The van der Waals surface area contributed by atoms with Gasteiger partial charge in [-0.25, -0.2) is 14.4 Å². The zero-order chi connectivity index (χ0) is 15.9. The third-order valence-corrected chi connectivity index (χ3v) is 5.52. The van der Waals surface area contributed by atoms with E-state index in [0.29, 0.717) is 12.3 Å². The highest BCUT2D eigenvalue weighted by Crippen LogP contribution is 2.31. The van der Waals surface area contributed by atoms with Gasteiger partial charge >= 0.3 is 0 Å². The summed E-state index contributed by atoms with van der Waals surface area (Å²) < 4.78 is 24.5. The summed E-state index contributed by atoms with van der Waals surface area (Å²) in [5.74, 6) is 2.13. The van der Waals surface area contributed by atoms with Crippen molar-refractivity contribution in [1.82, 2.24) is 14.9 Å². The van der Waals surface area contributed by atoms with E-state index in [1.54, 1.807) is 0 Å². The lowest BCUT2D eigenvalue weighted by Crippen LogP contribution is -2.55. The van der Waals surface area contributed by atoms with Gasteiger partial charge in [-0.2, -0.15) is 0 Å². The SMILES string of the molecule is CC(C)(C)c1nc2c(c(NC3CN(CCF)C3)n1)S(=O)CC2. The maximum Gasteiger partial charge on any atom is 0.146 e. The predicted molar refractivity (Wildman–Crippen MR) is 85.5 cm³/mol. The quantitative estimate of drug-likeness (QED) is 0.909. The lowest BCUT2D eigenvalue weighted by molar-refractivity contribution is 0.149. The number of anilines is 1. The molecule has 1 N–H and O–H groups in total. The number of hydrogen-bond acceptors (Lipinski definition) is 5. The van der Waals surface area contributed by atoms with E-state index in [1.807, 2.05) is 0 Å². The van der Waals surface area contributed by atoms with Crippen LogP contribution in [0.4, 0.5) is 10.2 Å². The van der Waals surface area contributed by atoms with Crippen LogP contribution in [0.3, 0.4) is 0 Å². The molecular formula is C15H23FN4OS. The zero-order valence-corrected chi connectivity index (χ0v) is 14.2. The van der Waals surface area contributed by atoms with Gasteiger partial charge in [0, 0.05) is 37.2 Å². The number of nitrogens with one attached hydrogen (secondary N) is 1. The van der Waals surface area contributed by atoms with E-state index in [2.05, 4.69) is 41.0 Å². The van der Waals surface area contributed by atoms with Crippen LogP contribution >= 0.6 is 0 Å². The molecule has 0 aliphatic carbocycles. The van der Waals surface area contributed by atoms with Crippen LogP contribution in [0.2, 0.25) is 0 Å². The van der Waals surface area contributed by atoms with Crippen molar-refractivity contribution < 1.29 is 8.60 Å². The third kappa shape index (κ3) is 3.01. The number of halogens is 1. The Kier molecular flexibility index (Phi) is 4.20. The molecule has 1 saturated heterocycles. The topological polar surface area (TPSA) is 58.1 Å². The van der Waals surface area contributed by atoms with Crippen molar-refractivity contribution in [3.05, 3.63) is 11.5 Å². The van der Waals surface area contributed by atoms with Crippen molar-refractivity contribution in [2.24, 2.45) is 0 Å². The van der Waals surface area contributed by atoms with E-state index in [4.69, 9.17) is 0 Å². The summed E-state index contributed by atoms with van der Waals surface area (Å²) in [7, 11) is -1.01. The molecule has 1 aromatic heterocycles. The summed E-state index contributed by atoms with van der Waals surface area (Å²) in [6.45, 7) is 8.03. The van der Waals surface area contributed by atoms with Crippen molar-refractivity contribution in [2.75, 3.05) is 37.4 Å². The summed E-state index contributed by atoms with van der Waals surface area (Å²) in [5.41, 5.74) is 0.774. The highest BCUT2D eigenvalue weighted by Gasteiger charge is 2.32. The van der Waals surface area contributed by atoms with Crippen LogP contribution in [0.15, 0.2) is 4.90 Å². The number of likely N-dealkylation sites (tertiary alicyclic amines) is 1. The van der Waals surface area contributed by atoms with Crippen molar-refractivity contribution in [3.8, 4) is 0 Å². The molecule has 2 aliphatic heterocycles. The second-order valence-corrected chi connectivity index (χ2v) is 8.52. The van der Waals surface area contributed by atoms with Crippen LogP contribution in [0.1, 0.15) is 32.3 Å². The predicted octanol–water partition coefficient (Wildman–Crippen LogP) is 1.50. The van der Waals surface area contributed by atoms with E-state index >= 15 is 0 Å². The van der Waals surface area contributed by atoms with Gasteiger partial charge in [-0.1, -0.05) is 20.8 Å². The highest BCUT2D eigenvalue weighted by atomic mass is 32.2. The van der Waals surface area contributed by atoms with E-state index in [-0.39, 0.29) is 18.1 Å². The number of alkyl halides is 1. The fourth-order valence-corrected chi connectivity index (χ4v) is 4.10. The standard InChI is InChI=1S/C15H23FN4OS/c1-15(2,3)14-18-11-4-7-22(21)12(11)13(19-14)17-10-8-20(9-10)6-5-16/h10H,4-9H2,1-3H3,(H,17,18,19). The molecule has 0 amide bonds. The number of aromatic nitrogens is 2. The Morgan fingerprint density at radius 2 is 2.09 bits per heavy atom. The van der Waals surface area contributed by atoms with Crippen LogP contribution in [0, 0.1) is 0 Å². The molecule has 1 unspecified atom stereocenters. The normalized spacial score (nSPS) is 22.5. The lowest BCUT2D eigenvalue weighted by atomic mass is 9.95. The highest BCUT2D eigenvalue weighted by molar-refractivity contribution is 7.85. The third-order valence-electron chi connectivity index (χ3n) is 4.06. The van der Waals surface area contributed by atoms with Crippen LogP contribution in [-0.2, 0) is 22.6 Å². The minimum absolute atomic E-state index is 0.143. The Bertz CT molecular complexity index is 596. The van der Waals surface area contributed by atoms with E-state index < -0.39 is 10.8 Å². The number of nitrogens with zero attached hydrogens (tertiary/aromatic N) is 3. The van der Waals surface area contributed by atoms with E-state index in [1.165, 1.54) is 0 Å². The largest absolute Gasteiger partial charge is 0.364 e. The maximum absolute atomic E-state index is 12.3. The zero-order valence-electron chi connectivity index (χ0n) is 13.4. The van der Waals surface area contributed by atoms with Gasteiger partial charge in [0.25, 0.3) is 0 Å². The number of rotatable bonds is 4. The van der Waals surface area contributed by atoms with Crippen molar-refractivity contribution in [1.29, 1.82) is 0 Å². The molecule has 0 bridgehead atoms. The molecule has 0 spiro atoms.